The highest BCUT2D eigenvalue weighted by Crippen LogP contribution is 2.17. The summed E-state index contributed by atoms with van der Waals surface area (Å²) in [4.78, 5) is 11.2. The molecule has 0 saturated carbocycles. The Balaban J connectivity index is 2.11. The van der Waals surface area contributed by atoms with Crippen LogP contribution in [0.15, 0.2) is 24.3 Å². The molecule has 0 heterocycles. The van der Waals surface area contributed by atoms with Gasteiger partial charge in [-0.1, -0.05) is 30.2 Å². The van der Waals surface area contributed by atoms with Crippen molar-refractivity contribution < 1.29 is 9.53 Å². The van der Waals surface area contributed by atoms with E-state index in [2.05, 4.69) is 18.3 Å². The molecule has 0 fully saturated rings. The Morgan fingerprint density at radius 3 is 2.85 bits per heavy atom. The second-order valence-corrected chi connectivity index (χ2v) is 5.28. The number of hydrogen-bond acceptors (Lipinski definition) is 3. The van der Waals surface area contributed by atoms with Crippen molar-refractivity contribution >= 4 is 17.6 Å². The van der Waals surface area contributed by atoms with Crippen molar-refractivity contribution in [2.24, 2.45) is 0 Å². The number of rotatable bonds is 9. The molecule has 1 aromatic rings. The summed E-state index contributed by atoms with van der Waals surface area (Å²) in [5.74, 6) is -0.0900. The molecule has 3 nitrogen and oxygen atoms in total. The third-order valence-electron chi connectivity index (χ3n) is 3.16. The van der Waals surface area contributed by atoms with Gasteiger partial charge in [0.05, 0.1) is 6.61 Å². The van der Waals surface area contributed by atoms with Crippen LogP contribution < -0.4 is 5.32 Å². The third kappa shape index (κ3) is 6.92. The first-order valence-corrected chi connectivity index (χ1v) is 7.65. The van der Waals surface area contributed by atoms with Gasteiger partial charge in [-0.05, 0) is 50.9 Å². The van der Waals surface area contributed by atoms with Crippen molar-refractivity contribution in [3.63, 3.8) is 0 Å². The van der Waals surface area contributed by atoms with Gasteiger partial charge < -0.3 is 10.1 Å². The van der Waals surface area contributed by atoms with Crippen LogP contribution in [0.1, 0.15) is 51.1 Å². The maximum Gasteiger partial charge on any atom is 0.305 e. The van der Waals surface area contributed by atoms with Crippen molar-refractivity contribution in [1.82, 2.24) is 5.32 Å². The van der Waals surface area contributed by atoms with Gasteiger partial charge in [-0.3, -0.25) is 4.79 Å². The first-order chi connectivity index (χ1) is 9.63. The quantitative estimate of drug-likeness (QED) is 0.550. The molecule has 0 amide bonds. The van der Waals surface area contributed by atoms with Crippen molar-refractivity contribution in [3.8, 4) is 0 Å². The van der Waals surface area contributed by atoms with Crippen LogP contribution in [-0.2, 0) is 9.53 Å². The summed E-state index contributed by atoms with van der Waals surface area (Å²) in [7, 11) is 0. The molecule has 4 heteroatoms. The Hall–Kier alpha value is -1.06. The zero-order chi connectivity index (χ0) is 14.8. The topological polar surface area (TPSA) is 38.3 Å². The minimum Gasteiger partial charge on any atom is -0.466 e. The van der Waals surface area contributed by atoms with E-state index in [4.69, 9.17) is 16.3 Å². The van der Waals surface area contributed by atoms with Crippen LogP contribution in [-0.4, -0.2) is 19.1 Å². The van der Waals surface area contributed by atoms with Gasteiger partial charge in [-0.15, -0.1) is 0 Å². The van der Waals surface area contributed by atoms with E-state index in [-0.39, 0.29) is 5.97 Å². The number of nitrogens with one attached hydrogen (secondary N) is 1. The van der Waals surface area contributed by atoms with Crippen LogP contribution in [0.4, 0.5) is 0 Å². The van der Waals surface area contributed by atoms with E-state index in [0.29, 0.717) is 19.1 Å². The fourth-order valence-corrected chi connectivity index (χ4v) is 2.22. The van der Waals surface area contributed by atoms with E-state index in [1.165, 1.54) is 5.56 Å². The SMILES string of the molecule is CCOC(=O)CCCCCN[C@H](C)c1cccc(Cl)c1. The number of benzene rings is 1. The second kappa shape index (κ2) is 9.78. The van der Waals surface area contributed by atoms with Crippen molar-refractivity contribution in [2.45, 2.75) is 45.6 Å². The highest BCUT2D eigenvalue weighted by molar-refractivity contribution is 6.30. The number of ether oxygens (including phenoxy) is 1. The predicted octanol–water partition coefficient (Wildman–Crippen LogP) is 4.11. The lowest BCUT2D eigenvalue weighted by Gasteiger charge is -2.14. The largest absolute Gasteiger partial charge is 0.466 e. The molecule has 0 saturated heterocycles. The molecule has 0 spiro atoms. The van der Waals surface area contributed by atoms with E-state index in [0.717, 1.165) is 30.8 Å². The predicted molar refractivity (Wildman–Crippen MR) is 83.0 cm³/mol. The second-order valence-electron chi connectivity index (χ2n) is 4.85. The average Bonchev–Trinajstić information content (AvgIpc) is 2.42. The van der Waals surface area contributed by atoms with Crippen LogP contribution in [0.25, 0.3) is 0 Å². The smallest absolute Gasteiger partial charge is 0.305 e. The average molecular weight is 298 g/mol. The van der Waals surface area contributed by atoms with E-state index in [1.54, 1.807) is 0 Å². The summed E-state index contributed by atoms with van der Waals surface area (Å²) in [5, 5.41) is 4.23. The maximum absolute atomic E-state index is 11.2. The minimum atomic E-state index is -0.0900. The minimum absolute atomic E-state index is 0.0900. The van der Waals surface area contributed by atoms with E-state index in [1.807, 2.05) is 25.1 Å². The molecule has 20 heavy (non-hydrogen) atoms. The zero-order valence-corrected chi connectivity index (χ0v) is 13.1. The van der Waals surface area contributed by atoms with E-state index < -0.39 is 0 Å². The first kappa shape index (κ1) is 17.0. The highest BCUT2D eigenvalue weighted by atomic mass is 35.5. The van der Waals surface area contributed by atoms with Gasteiger partial charge in [0, 0.05) is 17.5 Å². The molecule has 0 aliphatic heterocycles. The van der Waals surface area contributed by atoms with Gasteiger partial charge in [0.2, 0.25) is 0 Å². The number of hydrogen-bond donors (Lipinski definition) is 1. The molecular formula is C16H24ClNO2. The molecule has 1 aromatic carbocycles. The monoisotopic (exact) mass is 297 g/mol. The lowest BCUT2D eigenvalue weighted by atomic mass is 10.1. The molecule has 0 aliphatic rings. The molecular weight excluding hydrogens is 274 g/mol. The summed E-state index contributed by atoms with van der Waals surface area (Å²) in [5.41, 5.74) is 1.20. The Morgan fingerprint density at radius 1 is 1.35 bits per heavy atom. The van der Waals surface area contributed by atoms with E-state index in [9.17, 15) is 4.79 Å². The van der Waals surface area contributed by atoms with Gasteiger partial charge in [0.15, 0.2) is 0 Å². The van der Waals surface area contributed by atoms with Crippen LogP contribution in [0.5, 0.6) is 0 Å². The Morgan fingerprint density at radius 2 is 2.15 bits per heavy atom. The van der Waals surface area contributed by atoms with Crippen LogP contribution in [0.3, 0.4) is 0 Å². The van der Waals surface area contributed by atoms with Gasteiger partial charge in [0.25, 0.3) is 0 Å². The molecule has 1 rings (SSSR count). The number of carbonyl (C=O) groups excluding carboxylic acids is 1. The lowest BCUT2D eigenvalue weighted by Crippen LogP contribution is -2.19. The molecule has 1 N–H and O–H groups in total. The summed E-state index contributed by atoms with van der Waals surface area (Å²) >= 11 is 5.98. The van der Waals surface area contributed by atoms with Gasteiger partial charge in [-0.2, -0.15) is 0 Å². The summed E-state index contributed by atoms with van der Waals surface area (Å²) in [6.45, 7) is 5.37. The Kier molecular flexibility index (Phi) is 8.31. The third-order valence-corrected chi connectivity index (χ3v) is 3.40. The lowest BCUT2D eigenvalue weighted by molar-refractivity contribution is -0.143. The first-order valence-electron chi connectivity index (χ1n) is 7.28. The number of halogens is 1. The molecule has 0 radical (unpaired) electrons. The van der Waals surface area contributed by atoms with Crippen LogP contribution in [0, 0.1) is 0 Å². The van der Waals surface area contributed by atoms with Gasteiger partial charge >= 0.3 is 5.97 Å². The van der Waals surface area contributed by atoms with Gasteiger partial charge in [-0.25, -0.2) is 0 Å². The van der Waals surface area contributed by atoms with Crippen molar-refractivity contribution in [3.05, 3.63) is 34.9 Å². The molecule has 0 bridgehead atoms. The standard InChI is InChI=1S/C16H24ClNO2/c1-3-20-16(19)10-5-4-6-11-18-13(2)14-8-7-9-15(17)12-14/h7-9,12-13,18H,3-6,10-11H2,1-2H3/t13-/m1/s1. The highest BCUT2D eigenvalue weighted by Gasteiger charge is 2.05. The number of unbranched alkanes of at least 4 members (excludes halogenated alkanes) is 2. The molecule has 0 unspecified atom stereocenters. The fourth-order valence-electron chi connectivity index (χ4n) is 2.02. The molecule has 0 aliphatic carbocycles. The maximum atomic E-state index is 11.2. The zero-order valence-electron chi connectivity index (χ0n) is 12.3. The normalized spacial score (nSPS) is 12.2. The summed E-state index contributed by atoms with van der Waals surface area (Å²) in [6.07, 6.45) is 3.52. The molecule has 0 aromatic heterocycles. The fraction of sp³-hybridized carbons (Fsp3) is 0.562. The Bertz CT molecular complexity index is 409. The van der Waals surface area contributed by atoms with E-state index >= 15 is 0 Å². The number of esters is 1. The van der Waals surface area contributed by atoms with Crippen LogP contribution >= 0.6 is 11.6 Å². The summed E-state index contributed by atoms with van der Waals surface area (Å²) in [6, 6.07) is 8.20. The van der Waals surface area contributed by atoms with Crippen molar-refractivity contribution in [2.75, 3.05) is 13.2 Å². The summed E-state index contributed by atoms with van der Waals surface area (Å²) < 4.78 is 4.89. The van der Waals surface area contributed by atoms with Crippen molar-refractivity contribution in [1.29, 1.82) is 0 Å². The molecule has 112 valence electrons. The van der Waals surface area contributed by atoms with Gasteiger partial charge in [0.1, 0.15) is 0 Å². The number of carbonyl (C=O) groups is 1. The molecule has 1 atom stereocenters. The Labute approximate surface area is 126 Å². The van der Waals surface area contributed by atoms with Crippen LogP contribution in [0.2, 0.25) is 5.02 Å².